The molecule has 0 bridgehead atoms. The molecular formula is C18H20N2O5. The molecule has 1 amide bonds. The molecular weight excluding hydrogens is 324 g/mol. The smallest absolute Gasteiger partial charge is 0.341 e. The number of carbonyl (C=O) groups excluding carboxylic acids is 1. The van der Waals surface area contributed by atoms with Crippen molar-refractivity contribution < 1.29 is 19.4 Å². The summed E-state index contributed by atoms with van der Waals surface area (Å²) in [7, 11) is 0. The molecule has 0 aliphatic carbocycles. The number of hydrogen-bond donors (Lipinski definition) is 3. The topological polar surface area (TPSA) is 108 Å². The number of H-pyrrole nitrogens is 1. The number of aryl methyl sites for hydroxylation is 2. The fraction of sp³-hybridized carbons (Fsp3) is 0.278. The number of benzene rings is 1. The van der Waals surface area contributed by atoms with E-state index in [-0.39, 0.29) is 11.6 Å². The number of aliphatic carboxylic acids is 1. The highest BCUT2D eigenvalue weighted by atomic mass is 16.5. The minimum Gasteiger partial charge on any atom is -0.482 e. The zero-order valence-corrected chi connectivity index (χ0v) is 14.3. The highest BCUT2D eigenvalue weighted by Crippen LogP contribution is 2.18. The maximum absolute atomic E-state index is 12.4. The van der Waals surface area contributed by atoms with Gasteiger partial charge in [0.25, 0.3) is 11.5 Å². The second kappa shape index (κ2) is 7.65. The molecule has 0 fully saturated rings. The second-order valence-corrected chi connectivity index (χ2v) is 5.79. The Labute approximate surface area is 144 Å². The highest BCUT2D eigenvalue weighted by molar-refractivity contribution is 5.95. The lowest BCUT2D eigenvalue weighted by atomic mass is 10.1. The predicted octanol–water partition coefficient (Wildman–Crippen LogP) is 1.95. The molecule has 7 nitrogen and oxygen atoms in total. The van der Waals surface area contributed by atoms with Crippen molar-refractivity contribution in [3.05, 3.63) is 63.1 Å². The molecule has 0 radical (unpaired) electrons. The minimum absolute atomic E-state index is 0.0962. The molecule has 25 heavy (non-hydrogen) atoms. The second-order valence-electron chi connectivity index (χ2n) is 5.79. The summed E-state index contributed by atoms with van der Waals surface area (Å²) in [6, 6.07) is 8.13. The zero-order valence-electron chi connectivity index (χ0n) is 14.3. The van der Waals surface area contributed by atoms with Crippen LogP contribution in [0.15, 0.2) is 35.1 Å². The summed E-state index contributed by atoms with van der Waals surface area (Å²) in [5, 5.41) is 11.4. The van der Waals surface area contributed by atoms with Crippen molar-refractivity contribution in [3.8, 4) is 5.75 Å². The van der Waals surface area contributed by atoms with Gasteiger partial charge in [-0.1, -0.05) is 12.1 Å². The average molecular weight is 344 g/mol. The van der Waals surface area contributed by atoms with Crippen LogP contribution in [-0.2, 0) is 4.79 Å². The van der Waals surface area contributed by atoms with Gasteiger partial charge in [0.15, 0.2) is 6.61 Å². The van der Waals surface area contributed by atoms with E-state index in [0.29, 0.717) is 17.0 Å². The Kier molecular flexibility index (Phi) is 5.59. The van der Waals surface area contributed by atoms with E-state index in [1.807, 2.05) is 0 Å². The van der Waals surface area contributed by atoms with Crippen LogP contribution in [0.2, 0.25) is 0 Å². The first-order valence-corrected chi connectivity index (χ1v) is 7.74. The number of carboxylic acid groups (broad SMARTS) is 1. The van der Waals surface area contributed by atoms with Crippen molar-refractivity contribution in [3.63, 3.8) is 0 Å². The van der Waals surface area contributed by atoms with Crippen LogP contribution < -0.4 is 15.6 Å². The maximum Gasteiger partial charge on any atom is 0.341 e. The highest BCUT2D eigenvalue weighted by Gasteiger charge is 2.17. The van der Waals surface area contributed by atoms with E-state index < -0.39 is 24.0 Å². The Morgan fingerprint density at radius 1 is 1.24 bits per heavy atom. The molecule has 0 saturated carbocycles. The van der Waals surface area contributed by atoms with Crippen LogP contribution >= 0.6 is 0 Å². The van der Waals surface area contributed by atoms with E-state index in [1.54, 1.807) is 51.1 Å². The Morgan fingerprint density at radius 2 is 1.88 bits per heavy atom. The molecule has 1 unspecified atom stereocenters. The summed E-state index contributed by atoms with van der Waals surface area (Å²) < 4.78 is 5.06. The van der Waals surface area contributed by atoms with Crippen LogP contribution in [-0.4, -0.2) is 28.6 Å². The van der Waals surface area contributed by atoms with Gasteiger partial charge in [-0.3, -0.25) is 9.59 Å². The Morgan fingerprint density at radius 3 is 2.44 bits per heavy atom. The fourth-order valence-electron chi connectivity index (χ4n) is 2.49. The van der Waals surface area contributed by atoms with Crippen molar-refractivity contribution in [2.24, 2.45) is 0 Å². The first-order chi connectivity index (χ1) is 11.8. The summed E-state index contributed by atoms with van der Waals surface area (Å²) in [5.41, 5.74) is 1.79. The van der Waals surface area contributed by atoms with E-state index in [2.05, 4.69) is 10.3 Å². The van der Waals surface area contributed by atoms with Gasteiger partial charge in [-0.15, -0.1) is 0 Å². The standard InChI is InChI=1S/C18H20N2O5/c1-10-8-11(2)19-17(23)16(10)18(24)20-12(3)13-4-6-14(7-5-13)25-9-15(21)22/h4-8,12H,9H2,1-3H3,(H,19,23)(H,20,24)(H,21,22). The minimum atomic E-state index is -1.05. The molecule has 1 heterocycles. The molecule has 0 aliphatic rings. The molecule has 1 atom stereocenters. The van der Waals surface area contributed by atoms with Gasteiger partial charge >= 0.3 is 5.97 Å². The van der Waals surface area contributed by atoms with Crippen molar-refractivity contribution >= 4 is 11.9 Å². The van der Waals surface area contributed by atoms with E-state index in [9.17, 15) is 14.4 Å². The third-order valence-corrected chi connectivity index (χ3v) is 3.68. The van der Waals surface area contributed by atoms with Crippen molar-refractivity contribution in [1.82, 2.24) is 10.3 Å². The van der Waals surface area contributed by atoms with Crippen LogP contribution in [0.4, 0.5) is 0 Å². The number of aromatic amines is 1. The first-order valence-electron chi connectivity index (χ1n) is 7.74. The summed E-state index contributed by atoms with van der Waals surface area (Å²) >= 11 is 0. The molecule has 3 N–H and O–H groups in total. The van der Waals surface area contributed by atoms with Gasteiger partial charge < -0.3 is 20.1 Å². The normalized spacial score (nSPS) is 11.6. The van der Waals surface area contributed by atoms with Gasteiger partial charge in [0.05, 0.1) is 6.04 Å². The number of ether oxygens (including phenoxy) is 1. The van der Waals surface area contributed by atoms with Gasteiger partial charge in [0.2, 0.25) is 0 Å². The van der Waals surface area contributed by atoms with E-state index in [0.717, 1.165) is 5.56 Å². The summed E-state index contributed by atoms with van der Waals surface area (Å²) in [6.45, 7) is 4.85. The number of nitrogens with one attached hydrogen (secondary N) is 2. The van der Waals surface area contributed by atoms with Crippen LogP contribution in [0.3, 0.4) is 0 Å². The number of carboxylic acids is 1. The van der Waals surface area contributed by atoms with E-state index >= 15 is 0 Å². The molecule has 2 aromatic rings. The quantitative estimate of drug-likeness (QED) is 0.742. The summed E-state index contributed by atoms with van der Waals surface area (Å²) in [4.78, 5) is 37.5. The lowest BCUT2D eigenvalue weighted by molar-refractivity contribution is -0.139. The zero-order chi connectivity index (χ0) is 18.6. The Balaban J connectivity index is 2.09. The predicted molar refractivity (Wildman–Crippen MR) is 92.0 cm³/mol. The first kappa shape index (κ1) is 18.3. The monoisotopic (exact) mass is 344 g/mol. The van der Waals surface area contributed by atoms with E-state index in [1.165, 1.54) is 0 Å². The SMILES string of the molecule is Cc1cc(C)c(C(=O)NC(C)c2ccc(OCC(=O)O)cc2)c(=O)[nH]1. The van der Waals surface area contributed by atoms with Crippen molar-refractivity contribution in [2.45, 2.75) is 26.8 Å². The van der Waals surface area contributed by atoms with Gasteiger partial charge in [0.1, 0.15) is 11.3 Å². The molecule has 0 spiro atoms. The molecule has 1 aromatic heterocycles. The maximum atomic E-state index is 12.4. The summed E-state index contributed by atoms with van der Waals surface area (Å²) in [6.07, 6.45) is 0. The van der Waals surface area contributed by atoms with Crippen molar-refractivity contribution in [2.75, 3.05) is 6.61 Å². The lowest BCUT2D eigenvalue weighted by Gasteiger charge is -2.15. The van der Waals surface area contributed by atoms with Gasteiger partial charge in [-0.05, 0) is 50.1 Å². The number of rotatable bonds is 6. The van der Waals surface area contributed by atoms with Crippen molar-refractivity contribution in [1.29, 1.82) is 0 Å². The summed E-state index contributed by atoms with van der Waals surface area (Å²) in [5.74, 6) is -1.07. The third-order valence-electron chi connectivity index (χ3n) is 3.68. The average Bonchev–Trinajstić information content (AvgIpc) is 2.52. The Bertz CT molecular complexity index is 840. The molecule has 2 rings (SSSR count). The van der Waals surface area contributed by atoms with Crippen LogP contribution in [0.1, 0.15) is 40.1 Å². The van der Waals surface area contributed by atoms with Crippen LogP contribution in [0.5, 0.6) is 5.75 Å². The van der Waals surface area contributed by atoms with Gasteiger partial charge in [0, 0.05) is 5.69 Å². The largest absolute Gasteiger partial charge is 0.482 e. The molecule has 0 saturated heterocycles. The third kappa shape index (κ3) is 4.69. The fourth-order valence-corrected chi connectivity index (χ4v) is 2.49. The molecule has 1 aromatic carbocycles. The molecule has 0 aliphatic heterocycles. The van der Waals surface area contributed by atoms with Crippen LogP contribution in [0, 0.1) is 13.8 Å². The van der Waals surface area contributed by atoms with Gasteiger partial charge in [-0.2, -0.15) is 0 Å². The van der Waals surface area contributed by atoms with Gasteiger partial charge in [-0.25, -0.2) is 4.79 Å². The lowest BCUT2D eigenvalue weighted by Crippen LogP contribution is -2.32. The molecule has 132 valence electrons. The number of amides is 1. The number of carbonyl (C=O) groups is 2. The number of hydrogen-bond acceptors (Lipinski definition) is 4. The number of pyridine rings is 1. The number of aromatic nitrogens is 1. The van der Waals surface area contributed by atoms with E-state index in [4.69, 9.17) is 9.84 Å². The molecule has 7 heteroatoms. The Hall–Kier alpha value is -3.09. The van der Waals surface area contributed by atoms with Crippen LogP contribution in [0.25, 0.3) is 0 Å².